The molecule has 2 aromatic heterocycles. The summed E-state index contributed by atoms with van der Waals surface area (Å²) in [7, 11) is 0. The van der Waals surface area contributed by atoms with Crippen molar-refractivity contribution in [3.05, 3.63) is 44.8 Å². The van der Waals surface area contributed by atoms with Crippen molar-refractivity contribution in [3.8, 4) is 12.1 Å². The zero-order valence-corrected chi connectivity index (χ0v) is 11.4. The van der Waals surface area contributed by atoms with Gasteiger partial charge in [0.2, 0.25) is 0 Å². The van der Waals surface area contributed by atoms with Crippen molar-refractivity contribution in [2.75, 3.05) is 0 Å². The SMILES string of the molecule is N#CCC(CC#N)C(c1cccs1)c1cccs1. The standard InChI is InChI=1S/C14H12N2S2/c15-7-5-11(6-8-16)14(12-3-1-9-17-12)13-4-2-10-18-13/h1-4,9-11,14H,5-6H2. The molecule has 0 aliphatic carbocycles. The molecule has 0 aliphatic heterocycles. The maximum atomic E-state index is 8.95. The monoisotopic (exact) mass is 272 g/mol. The van der Waals surface area contributed by atoms with Crippen LogP contribution >= 0.6 is 22.7 Å². The largest absolute Gasteiger partial charge is 0.198 e. The molecule has 4 heteroatoms. The van der Waals surface area contributed by atoms with Gasteiger partial charge in [-0.1, -0.05) is 12.1 Å². The van der Waals surface area contributed by atoms with Crippen molar-refractivity contribution < 1.29 is 0 Å². The Hall–Kier alpha value is -1.62. The van der Waals surface area contributed by atoms with Crippen LogP contribution in [0.5, 0.6) is 0 Å². The molecule has 2 nitrogen and oxygen atoms in total. The molecule has 0 bridgehead atoms. The van der Waals surface area contributed by atoms with E-state index in [0.29, 0.717) is 12.8 Å². The van der Waals surface area contributed by atoms with Gasteiger partial charge in [0.15, 0.2) is 0 Å². The smallest absolute Gasteiger partial charge is 0.0625 e. The van der Waals surface area contributed by atoms with E-state index in [1.54, 1.807) is 22.7 Å². The summed E-state index contributed by atoms with van der Waals surface area (Å²) in [5.74, 6) is 0.265. The van der Waals surface area contributed by atoms with Crippen LogP contribution in [0.4, 0.5) is 0 Å². The maximum Gasteiger partial charge on any atom is 0.0625 e. The molecule has 0 aliphatic rings. The highest BCUT2D eigenvalue weighted by Crippen LogP contribution is 2.39. The summed E-state index contributed by atoms with van der Waals surface area (Å²) in [4.78, 5) is 2.49. The van der Waals surface area contributed by atoms with Crippen LogP contribution in [0.3, 0.4) is 0 Å². The Balaban J connectivity index is 2.36. The van der Waals surface area contributed by atoms with Crippen LogP contribution < -0.4 is 0 Å². The molecule has 0 unspecified atom stereocenters. The highest BCUT2D eigenvalue weighted by Gasteiger charge is 2.26. The van der Waals surface area contributed by atoms with E-state index in [4.69, 9.17) is 10.5 Å². The van der Waals surface area contributed by atoms with Crippen LogP contribution in [0.1, 0.15) is 28.5 Å². The van der Waals surface area contributed by atoms with E-state index in [1.807, 2.05) is 22.9 Å². The van der Waals surface area contributed by atoms with Crippen molar-refractivity contribution in [2.24, 2.45) is 5.92 Å². The van der Waals surface area contributed by atoms with E-state index >= 15 is 0 Å². The minimum absolute atomic E-state index is 0.0808. The lowest BCUT2D eigenvalue weighted by Crippen LogP contribution is -2.11. The lowest BCUT2D eigenvalue weighted by atomic mass is 9.85. The lowest BCUT2D eigenvalue weighted by molar-refractivity contribution is 0.497. The van der Waals surface area contributed by atoms with E-state index in [9.17, 15) is 0 Å². The molecule has 90 valence electrons. The normalized spacial score (nSPS) is 10.4. The Bertz CT molecular complexity index is 493. The fourth-order valence-corrected chi connectivity index (χ4v) is 4.03. The second-order valence-electron chi connectivity index (χ2n) is 3.99. The van der Waals surface area contributed by atoms with Gasteiger partial charge in [0.1, 0.15) is 0 Å². The van der Waals surface area contributed by atoms with Crippen molar-refractivity contribution >= 4 is 22.7 Å². The average molecular weight is 272 g/mol. The van der Waals surface area contributed by atoms with Gasteiger partial charge < -0.3 is 0 Å². The van der Waals surface area contributed by atoms with Gasteiger partial charge >= 0.3 is 0 Å². The van der Waals surface area contributed by atoms with Gasteiger partial charge in [-0.3, -0.25) is 0 Å². The summed E-state index contributed by atoms with van der Waals surface area (Å²) in [5, 5.41) is 22.0. The van der Waals surface area contributed by atoms with E-state index in [2.05, 4.69) is 24.3 Å². The Morgan fingerprint density at radius 3 is 1.78 bits per heavy atom. The molecule has 0 fully saturated rings. The fourth-order valence-electron chi connectivity index (χ4n) is 2.08. The van der Waals surface area contributed by atoms with Crippen molar-refractivity contribution in [1.29, 1.82) is 10.5 Å². The van der Waals surface area contributed by atoms with Crippen LogP contribution in [0.15, 0.2) is 35.0 Å². The van der Waals surface area contributed by atoms with E-state index < -0.39 is 0 Å². The summed E-state index contributed by atoms with van der Waals surface area (Å²) in [6.07, 6.45) is 0.849. The summed E-state index contributed by atoms with van der Waals surface area (Å²) in [5.41, 5.74) is 0. The van der Waals surface area contributed by atoms with Crippen molar-refractivity contribution in [1.82, 2.24) is 0 Å². The number of nitrogens with zero attached hydrogens (tertiary/aromatic N) is 2. The quantitative estimate of drug-likeness (QED) is 0.810. The Morgan fingerprint density at radius 1 is 0.944 bits per heavy atom. The second-order valence-corrected chi connectivity index (χ2v) is 5.95. The van der Waals surface area contributed by atoms with Crippen LogP contribution in [-0.2, 0) is 0 Å². The third-order valence-corrected chi connectivity index (χ3v) is 4.79. The van der Waals surface area contributed by atoms with Gasteiger partial charge in [-0.05, 0) is 28.8 Å². The fraction of sp³-hybridized carbons (Fsp3) is 0.286. The summed E-state index contributed by atoms with van der Waals surface area (Å²) >= 11 is 3.39. The zero-order chi connectivity index (χ0) is 12.8. The first kappa shape index (κ1) is 12.8. The van der Waals surface area contributed by atoms with Crippen molar-refractivity contribution in [3.63, 3.8) is 0 Å². The lowest BCUT2D eigenvalue weighted by Gasteiger charge is -2.21. The Kier molecular flexibility index (Phi) is 4.52. The summed E-state index contributed by atoms with van der Waals surface area (Å²) in [6, 6.07) is 12.7. The third kappa shape index (κ3) is 2.79. The molecule has 0 atom stereocenters. The Morgan fingerprint density at radius 2 is 1.44 bits per heavy atom. The van der Waals surface area contributed by atoms with Gasteiger partial charge in [-0.25, -0.2) is 0 Å². The van der Waals surface area contributed by atoms with Crippen LogP contribution in [0.2, 0.25) is 0 Å². The molecule has 0 radical (unpaired) electrons. The molecule has 2 heterocycles. The van der Waals surface area contributed by atoms with E-state index in [0.717, 1.165) is 0 Å². The molecule has 0 aromatic carbocycles. The summed E-state index contributed by atoms with van der Waals surface area (Å²) in [6.45, 7) is 0. The van der Waals surface area contributed by atoms with Gasteiger partial charge in [-0.15, -0.1) is 22.7 Å². The number of nitriles is 2. The Labute approximate surface area is 115 Å². The van der Waals surface area contributed by atoms with Gasteiger partial charge in [0, 0.05) is 28.5 Å². The molecule has 18 heavy (non-hydrogen) atoms. The molecule has 0 spiro atoms. The number of hydrogen-bond acceptors (Lipinski definition) is 4. The molecular weight excluding hydrogens is 260 g/mol. The molecule has 0 amide bonds. The van der Waals surface area contributed by atoms with Crippen LogP contribution in [-0.4, -0.2) is 0 Å². The third-order valence-electron chi connectivity index (χ3n) is 2.88. The van der Waals surface area contributed by atoms with Gasteiger partial charge in [0.25, 0.3) is 0 Å². The average Bonchev–Trinajstić information content (AvgIpc) is 3.03. The number of thiophene rings is 2. The predicted octanol–water partition coefficient (Wildman–Crippen LogP) is 4.39. The first-order valence-electron chi connectivity index (χ1n) is 5.67. The minimum Gasteiger partial charge on any atom is -0.198 e. The first-order valence-corrected chi connectivity index (χ1v) is 7.43. The van der Waals surface area contributed by atoms with Crippen molar-refractivity contribution in [2.45, 2.75) is 18.8 Å². The second kappa shape index (κ2) is 6.35. The van der Waals surface area contributed by atoms with Crippen LogP contribution in [0.25, 0.3) is 0 Å². The summed E-state index contributed by atoms with van der Waals surface area (Å²) < 4.78 is 0. The van der Waals surface area contributed by atoms with Crippen LogP contribution in [0, 0.1) is 28.6 Å². The molecular formula is C14H12N2S2. The number of rotatable bonds is 5. The highest BCUT2D eigenvalue weighted by molar-refractivity contribution is 7.11. The molecule has 0 saturated carbocycles. The maximum absolute atomic E-state index is 8.95. The topological polar surface area (TPSA) is 47.6 Å². The predicted molar refractivity (Wildman–Crippen MR) is 74.4 cm³/mol. The number of hydrogen-bond donors (Lipinski definition) is 0. The van der Waals surface area contributed by atoms with E-state index in [-0.39, 0.29) is 11.8 Å². The highest BCUT2D eigenvalue weighted by atomic mass is 32.1. The molecule has 0 saturated heterocycles. The van der Waals surface area contributed by atoms with Gasteiger partial charge in [-0.2, -0.15) is 10.5 Å². The molecule has 0 N–H and O–H groups in total. The first-order chi connectivity index (χ1) is 8.86. The molecule has 2 rings (SSSR count). The zero-order valence-electron chi connectivity index (χ0n) is 9.74. The van der Waals surface area contributed by atoms with Gasteiger partial charge in [0.05, 0.1) is 12.1 Å². The minimum atomic E-state index is 0.0808. The molecule has 2 aromatic rings. The van der Waals surface area contributed by atoms with E-state index in [1.165, 1.54) is 9.75 Å².